The van der Waals surface area contributed by atoms with Gasteiger partial charge >= 0.3 is 6.03 Å². The van der Waals surface area contributed by atoms with Crippen molar-refractivity contribution in [2.45, 2.75) is 25.9 Å². The Hall–Kier alpha value is -1.26. The molecule has 0 spiro atoms. The SMILES string of the molecule is CC(O)C1CCCN(C(=O)Nc2cccc(Cl)c2)C1. The molecule has 1 saturated heterocycles. The van der Waals surface area contributed by atoms with Crippen molar-refractivity contribution in [3.05, 3.63) is 29.3 Å². The zero-order valence-corrected chi connectivity index (χ0v) is 11.7. The van der Waals surface area contributed by atoms with Crippen LogP contribution in [0.2, 0.25) is 5.02 Å². The highest BCUT2D eigenvalue weighted by Gasteiger charge is 2.26. The number of hydrogen-bond acceptors (Lipinski definition) is 2. The molecule has 1 heterocycles. The van der Waals surface area contributed by atoms with Gasteiger partial charge in [-0.2, -0.15) is 0 Å². The van der Waals surface area contributed by atoms with Crippen molar-refractivity contribution in [3.63, 3.8) is 0 Å². The second-order valence-corrected chi connectivity index (χ2v) is 5.47. The standard InChI is InChI=1S/C14H19ClN2O2/c1-10(18)11-4-3-7-17(9-11)14(19)16-13-6-2-5-12(15)8-13/h2,5-6,8,10-11,18H,3-4,7,9H2,1H3,(H,16,19). The van der Waals surface area contributed by atoms with Crippen molar-refractivity contribution in [2.24, 2.45) is 5.92 Å². The first-order valence-corrected chi connectivity index (χ1v) is 6.93. The summed E-state index contributed by atoms with van der Waals surface area (Å²) in [6.07, 6.45) is 1.53. The van der Waals surface area contributed by atoms with Crippen LogP contribution in [-0.2, 0) is 0 Å². The number of rotatable bonds is 2. The van der Waals surface area contributed by atoms with E-state index in [-0.39, 0.29) is 18.1 Å². The normalized spacial score (nSPS) is 21.0. The van der Waals surface area contributed by atoms with Gasteiger partial charge in [-0.3, -0.25) is 0 Å². The molecule has 4 nitrogen and oxygen atoms in total. The molecule has 0 aliphatic carbocycles. The topological polar surface area (TPSA) is 52.6 Å². The number of carbonyl (C=O) groups excluding carboxylic acids is 1. The first-order chi connectivity index (χ1) is 9.06. The van der Waals surface area contributed by atoms with E-state index in [1.54, 1.807) is 36.1 Å². The molecule has 0 radical (unpaired) electrons. The van der Waals surface area contributed by atoms with E-state index in [9.17, 15) is 9.90 Å². The Morgan fingerprint density at radius 3 is 3.05 bits per heavy atom. The van der Waals surface area contributed by atoms with Gasteiger partial charge in [0.05, 0.1) is 6.10 Å². The number of carbonyl (C=O) groups is 1. The molecule has 0 bridgehead atoms. The fraction of sp³-hybridized carbons (Fsp3) is 0.500. The van der Waals surface area contributed by atoms with Crippen molar-refractivity contribution >= 4 is 23.3 Å². The van der Waals surface area contributed by atoms with Gasteiger partial charge in [-0.1, -0.05) is 17.7 Å². The summed E-state index contributed by atoms with van der Waals surface area (Å²) < 4.78 is 0. The predicted molar refractivity (Wildman–Crippen MR) is 76.4 cm³/mol. The number of nitrogens with one attached hydrogen (secondary N) is 1. The van der Waals surface area contributed by atoms with Crippen LogP contribution in [0.25, 0.3) is 0 Å². The molecule has 2 rings (SSSR count). The quantitative estimate of drug-likeness (QED) is 0.876. The monoisotopic (exact) mass is 282 g/mol. The lowest BCUT2D eigenvalue weighted by Gasteiger charge is -2.34. The summed E-state index contributed by atoms with van der Waals surface area (Å²) >= 11 is 5.88. The Morgan fingerprint density at radius 2 is 2.37 bits per heavy atom. The van der Waals surface area contributed by atoms with Crippen LogP contribution in [0, 0.1) is 5.92 Å². The molecule has 2 atom stereocenters. The molecule has 1 aliphatic heterocycles. The number of likely N-dealkylation sites (tertiary alicyclic amines) is 1. The number of aliphatic hydroxyl groups excluding tert-OH is 1. The molecule has 2 N–H and O–H groups in total. The van der Waals surface area contributed by atoms with Crippen LogP contribution in [0.1, 0.15) is 19.8 Å². The summed E-state index contributed by atoms with van der Waals surface area (Å²) in [6, 6.07) is 6.96. The fourth-order valence-corrected chi connectivity index (χ4v) is 2.55. The van der Waals surface area contributed by atoms with Crippen molar-refractivity contribution in [3.8, 4) is 0 Å². The number of halogens is 1. The van der Waals surface area contributed by atoms with Gasteiger partial charge in [-0.25, -0.2) is 4.79 Å². The van der Waals surface area contributed by atoms with Crippen LogP contribution in [-0.4, -0.2) is 35.2 Å². The Kier molecular flexibility index (Phi) is 4.66. The van der Waals surface area contributed by atoms with Crippen molar-refractivity contribution in [1.82, 2.24) is 4.90 Å². The lowest BCUT2D eigenvalue weighted by atomic mass is 9.94. The first kappa shape index (κ1) is 14.2. The minimum Gasteiger partial charge on any atom is -0.393 e. The van der Waals surface area contributed by atoms with E-state index in [1.807, 2.05) is 0 Å². The van der Waals surface area contributed by atoms with Gasteiger partial charge in [0.1, 0.15) is 0 Å². The van der Waals surface area contributed by atoms with Gasteiger partial charge < -0.3 is 15.3 Å². The highest BCUT2D eigenvalue weighted by molar-refractivity contribution is 6.30. The largest absolute Gasteiger partial charge is 0.393 e. The molecule has 1 fully saturated rings. The zero-order chi connectivity index (χ0) is 13.8. The second-order valence-electron chi connectivity index (χ2n) is 5.03. The van der Waals surface area contributed by atoms with Crippen molar-refractivity contribution < 1.29 is 9.90 Å². The summed E-state index contributed by atoms with van der Waals surface area (Å²) in [5, 5.41) is 13.1. The van der Waals surface area contributed by atoms with Gasteiger partial charge in [0.15, 0.2) is 0 Å². The summed E-state index contributed by atoms with van der Waals surface area (Å²) in [6.45, 7) is 3.11. The number of piperidine rings is 1. The van der Waals surface area contributed by atoms with Crippen LogP contribution in [0.3, 0.4) is 0 Å². The van der Waals surface area contributed by atoms with E-state index in [4.69, 9.17) is 11.6 Å². The molecule has 1 aliphatic rings. The summed E-state index contributed by atoms with van der Waals surface area (Å²) in [5.41, 5.74) is 0.691. The number of anilines is 1. The van der Waals surface area contributed by atoms with Crippen LogP contribution in [0.4, 0.5) is 10.5 Å². The van der Waals surface area contributed by atoms with Crippen LogP contribution in [0.15, 0.2) is 24.3 Å². The minimum atomic E-state index is -0.373. The average Bonchev–Trinajstić information content (AvgIpc) is 2.39. The predicted octanol–water partition coefficient (Wildman–Crippen LogP) is 2.96. The number of hydrogen-bond donors (Lipinski definition) is 2. The maximum absolute atomic E-state index is 12.1. The molecule has 2 unspecified atom stereocenters. The second kappa shape index (κ2) is 6.26. The fourth-order valence-electron chi connectivity index (χ4n) is 2.36. The molecule has 19 heavy (non-hydrogen) atoms. The molecule has 1 aromatic rings. The number of urea groups is 1. The van der Waals surface area contributed by atoms with E-state index in [0.29, 0.717) is 17.3 Å². The first-order valence-electron chi connectivity index (χ1n) is 6.56. The third-order valence-electron chi connectivity index (χ3n) is 3.50. The zero-order valence-electron chi connectivity index (χ0n) is 11.0. The van der Waals surface area contributed by atoms with Gasteiger partial charge in [0.25, 0.3) is 0 Å². The van der Waals surface area contributed by atoms with Gasteiger partial charge in [-0.15, -0.1) is 0 Å². The van der Waals surface area contributed by atoms with E-state index in [1.165, 1.54) is 0 Å². The average molecular weight is 283 g/mol. The summed E-state index contributed by atoms with van der Waals surface area (Å²) in [7, 11) is 0. The number of benzene rings is 1. The molecule has 5 heteroatoms. The third-order valence-corrected chi connectivity index (χ3v) is 3.74. The van der Waals surface area contributed by atoms with E-state index in [0.717, 1.165) is 19.4 Å². The molecular formula is C14H19ClN2O2. The summed E-state index contributed by atoms with van der Waals surface area (Å²) in [4.78, 5) is 13.9. The maximum atomic E-state index is 12.1. The highest BCUT2D eigenvalue weighted by atomic mass is 35.5. The smallest absolute Gasteiger partial charge is 0.321 e. The Labute approximate surface area is 118 Å². The molecule has 2 amide bonds. The van der Waals surface area contributed by atoms with Gasteiger partial charge in [0, 0.05) is 29.7 Å². The molecule has 104 valence electrons. The van der Waals surface area contributed by atoms with Crippen molar-refractivity contribution in [2.75, 3.05) is 18.4 Å². The van der Waals surface area contributed by atoms with Gasteiger partial charge in [0.2, 0.25) is 0 Å². The maximum Gasteiger partial charge on any atom is 0.321 e. The lowest BCUT2D eigenvalue weighted by molar-refractivity contribution is 0.0766. The van der Waals surface area contributed by atoms with Crippen molar-refractivity contribution in [1.29, 1.82) is 0 Å². The minimum absolute atomic E-state index is 0.132. The Morgan fingerprint density at radius 1 is 1.58 bits per heavy atom. The van der Waals surface area contributed by atoms with Crippen LogP contribution >= 0.6 is 11.6 Å². The highest BCUT2D eigenvalue weighted by Crippen LogP contribution is 2.21. The number of nitrogens with zero attached hydrogens (tertiary/aromatic N) is 1. The Balaban J connectivity index is 1.96. The van der Waals surface area contributed by atoms with Crippen LogP contribution in [0.5, 0.6) is 0 Å². The third kappa shape index (κ3) is 3.85. The summed E-state index contributed by atoms with van der Waals surface area (Å²) in [5.74, 6) is 0.166. The molecule has 0 saturated carbocycles. The Bertz CT molecular complexity index is 451. The van der Waals surface area contributed by atoms with Gasteiger partial charge in [-0.05, 0) is 38.0 Å². The molecular weight excluding hydrogens is 264 g/mol. The number of amides is 2. The lowest BCUT2D eigenvalue weighted by Crippen LogP contribution is -2.44. The number of aliphatic hydroxyl groups is 1. The van der Waals surface area contributed by atoms with E-state index >= 15 is 0 Å². The van der Waals surface area contributed by atoms with E-state index in [2.05, 4.69) is 5.32 Å². The molecule has 1 aromatic carbocycles. The van der Waals surface area contributed by atoms with E-state index < -0.39 is 0 Å². The van der Waals surface area contributed by atoms with Crippen LogP contribution < -0.4 is 5.32 Å². The molecule has 0 aromatic heterocycles.